The van der Waals surface area contributed by atoms with Crippen LogP contribution in [0, 0.1) is 6.92 Å². The van der Waals surface area contributed by atoms with Crippen molar-refractivity contribution in [2.45, 2.75) is 19.4 Å². The van der Waals surface area contributed by atoms with Gasteiger partial charge in [-0.2, -0.15) is 0 Å². The normalized spacial score (nSPS) is 11.9. The Morgan fingerprint density at radius 2 is 1.71 bits per heavy atom. The number of para-hydroxylation sites is 1. The second-order valence-electron chi connectivity index (χ2n) is 7.53. The molecule has 2 N–H and O–H groups in total. The van der Waals surface area contributed by atoms with Gasteiger partial charge in [0.15, 0.2) is 0 Å². The van der Waals surface area contributed by atoms with Crippen molar-refractivity contribution in [3.63, 3.8) is 0 Å². The second kappa shape index (κ2) is 9.49. The van der Waals surface area contributed by atoms with Crippen molar-refractivity contribution in [2.75, 3.05) is 18.5 Å². The summed E-state index contributed by atoms with van der Waals surface area (Å²) in [6.07, 6.45) is -0.151. The number of fused-ring (bicyclic) bond motifs is 1. The maximum atomic E-state index is 12.6. The number of aliphatic hydroxyl groups excluding tert-OH is 1. The van der Waals surface area contributed by atoms with E-state index in [1.807, 2.05) is 79.7 Å². The zero-order valence-electron chi connectivity index (χ0n) is 17.4. The first-order chi connectivity index (χ1) is 15.1. The third-order valence-electron chi connectivity index (χ3n) is 5.24. The molecule has 5 nitrogen and oxygen atoms in total. The van der Waals surface area contributed by atoms with E-state index in [2.05, 4.69) is 5.32 Å². The van der Waals surface area contributed by atoms with Crippen LogP contribution in [0.3, 0.4) is 0 Å². The fourth-order valence-corrected chi connectivity index (χ4v) is 3.51. The van der Waals surface area contributed by atoms with Crippen LogP contribution >= 0.6 is 0 Å². The lowest BCUT2D eigenvalue weighted by atomic mass is 10.00. The first kappa shape index (κ1) is 20.7. The molecule has 5 heteroatoms. The Morgan fingerprint density at radius 1 is 1.00 bits per heavy atom. The predicted molar refractivity (Wildman–Crippen MR) is 123 cm³/mol. The Hall–Kier alpha value is -3.57. The molecule has 0 aliphatic carbocycles. The van der Waals surface area contributed by atoms with Gasteiger partial charge in [0.2, 0.25) is 0 Å². The number of aliphatic hydroxyl groups is 1. The van der Waals surface area contributed by atoms with Crippen LogP contribution in [0.15, 0.2) is 88.1 Å². The van der Waals surface area contributed by atoms with Crippen LogP contribution in [0.1, 0.15) is 16.7 Å². The van der Waals surface area contributed by atoms with Gasteiger partial charge in [-0.25, -0.2) is 4.79 Å². The molecule has 1 atom stereocenters. The van der Waals surface area contributed by atoms with E-state index in [4.69, 9.17) is 9.15 Å². The largest absolute Gasteiger partial charge is 0.491 e. The van der Waals surface area contributed by atoms with Crippen molar-refractivity contribution in [3.05, 3.63) is 106 Å². The average molecular weight is 415 g/mol. The molecule has 0 aliphatic heterocycles. The van der Waals surface area contributed by atoms with Gasteiger partial charge in [-0.05, 0) is 42.3 Å². The predicted octanol–water partition coefficient (Wildman–Crippen LogP) is 4.54. The number of rotatable bonds is 8. The summed E-state index contributed by atoms with van der Waals surface area (Å²) in [4.78, 5) is 12.6. The van der Waals surface area contributed by atoms with Crippen molar-refractivity contribution in [1.82, 2.24) is 0 Å². The van der Waals surface area contributed by atoms with Gasteiger partial charge < -0.3 is 19.6 Å². The van der Waals surface area contributed by atoms with Gasteiger partial charge in [0, 0.05) is 35.7 Å². The standard InChI is InChI=1S/C26H25NO4/c1-18-23-13-12-22(30-17-21(28)16-27-20-10-6-3-7-11-20)15-25(23)31-26(29)24(18)14-19-8-4-2-5-9-19/h2-13,15,21,27-28H,14,16-17H2,1H3. The number of benzene rings is 3. The molecule has 158 valence electrons. The Morgan fingerprint density at radius 3 is 2.45 bits per heavy atom. The zero-order chi connectivity index (χ0) is 21.6. The first-order valence-electron chi connectivity index (χ1n) is 10.3. The summed E-state index contributed by atoms with van der Waals surface area (Å²) in [5, 5.41) is 14.2. The van der Waals surface area contributed by atoms with Gasteiger partial charge in [-0.1, -0.05) is 48.5 Å². The SMILES string of the molecule is Cc1c(Cc2ccccc2)c(=O)oc2cc(OCC(O)CNc3ccccc3)ccc12. The molecule has 0 saturated heterocycles. The van der Waals surface area contributed by atoms with E-state index in [-0.39, 0.29) is 12.2 Å². The summed E-state index contributed by atoms with van der Waals surface area (Å²) >= 11 is 0. The van der Waals surface area contributed by atoms with E-state index in [0.717, 1.165) is 22.2 Å². The molecule has 1 heterocycles. The fraction of sp³-hybridized carbons (Fsp3) is 0.192. The number of aryl methyl sites for hydroxylation is 1. The molecule has 0 saturated carbocycles. The number of anilines is 1. The molecule has 0 spiro atoms. The molecule has 0 amide bonds. The van der Waals surface area contributed by atoms with E-state index in [1.54, 1.807) is 6.07 Å². The summed E-state index contributed by atoms with van der Waals surface area (Å²) in [6.45, 7) is 2.44. The van der Waals surface area contributed by atoms with E-state index in [0.29, 0.717) is 29.9 Å². The molecule has 0 fully saturated rings. The monoisotopic (exact) mass is 415 g/mol. The van der Waals surface area contributed by atoms with Gasteiger partial charge in [0.05, 0.1) is 0 Å². The Kier molecular flexibility index (Phi) is 6.34. The quantitative estimate of drug-likeness (QED) is 0.413. The van der Waals surface area contributed by atoms with Gasteiger partial charge in [0.25, 0.3) is 0 Å². The van der Waals surface area contributed by atoms with Crippen LogP contribution < -0.4 is 15.7 Å². The van der Waals surface area contributed by atoms with Gasteiger partial charge in [0.1, 0.15) is 24.0 Å². The Balaban J connectivity index is 1.44. The molecule has 31 heavy (non-hydrogen) atoms. The van der Waals surface area contributed by atoms with E-state index >= 15 is 0 Å². The summed E-state index contributed by atoms with van der Waals surface area (Å²) in [6, 6.07) is 25.0. The lowest BCUT2D eigenvalue weighted by Gasteiger charge is -2.14. The van der Waals surface area contributed by atoms with E-state index < -0.39 is 6.10 Å². The molecular formula is C26H25NO4. The highest BCUT2D eigenvalue weighted by Gasteiger charge is 2.13. The molecule has 0 radical (unpaired) electrons. The Bertz CT molecular complexity index is 1200. The molecule has 0 aliphatic rings. The molecule has 3 aromatic carbocycles. The van der Waals surface area contributed by atoms with Gasteiger partial charge in [-0.15, -0.1) is 0 Å². The highest BCUT2D eigenvalue weighted by atomic mass is 16.5. The van der Waals surface area contributed by atoms with Crippen molar-refractivity contribution >= 4 is 16.7 Å². The van der Waals surface area contributed by atoms with Crippen molar-refractivity contribution in [3.8, 4) is 5.75 Å². The third kappa shape index (κ3) is 5.13. The van der Waals surface area contributed by atoms with Crippen LogP contribution in [0.2, 0.25) is 0 Å². The summed E-state index contributed by atoms with van der Waals surface area (Å²) < 4.78 is 11.3. The average Bonchev–Trinajstić information content (AvgIpc) is 2.80. The molecule has 1 aromatic heterocycles. The molecule has 4 aromatic rings. The minimum atomic E-state index is -0.683. The van der Waals surface area contributed by atoms with E-state index in [9.17, 15) is 9.90 Å². The zero-order valence-corrected chi connectivity index (χ0v) is 17.4. The van der Waals surface area contributed by atoms with Crippen LogP contribution in [0.5, 0.6) is 5.75 Å². The smallest absolute Gasteiger partial charge is 0.340 e. The summed E-state index contributed by atoms with van der Waals surface area (Å²) in [5.74, 6) is 0.546. The second-order valence-corrected chi connectivity index (χ2v) is 7.53. The molecular weight excluding hydrogens is 390 g/mol. The van der Waals surface area contributed by atoms with Crippen LogP contribution in [-0.4, -0.2) is 24.4 Å². The molecule has 4 rings (SSSR count). The van der Waals surface area contributed by atoms with Crippen LogP contribution in [-0.2, 0) is 6.42 Å². The number of hydrogen-bond acceptors (Lipinski definition) is 5. The number of nitrogens with one attached hydrogen (secondary N) is 1. The highest BCUT2D eigenvalue weighted by Crippen LogP contribution is 2.25. The minimum Gasteiger partial charge on any atom is -0.491 e. The van der Waals surface area contributed by atoms with Gasteiger partial charge in [-0.3, -0.25) is 0 Å². The van der Waals surface area contributed by atoms with Crippen molar-refractivity contribution < 1.29 is 14.3 Å². The van der Waals surface area contributed by atoms with Gasteiger partial charge >= 0.3 is 5.63 Å². The van der Waals surface area contributed by atoms with E-state index in [1.165, 1.54) is 0 Å². The summed E-state index contributed by atoms with van der Waals surface area (Å²) in [7, 11) is 0. The maximum Gasteiger partial charge on any atom is 0.340 e. The minimum absolute atomic E-state index is 0.126. The highest BCUT2D eigenvalue weighted by molar-refractivity contribution is 5.82. The van der Waals surface area contributed by atoms with Crippen LogP contribution in [0.25, 0.3) is 11.0 Å². The van der Waals surface area contributed by atoms with Crippen LogP contribution in [0.4, 0.5) is 5.69 Å². The molecule has 1 unspecified atom stereocenters. The summed E-state index contributed by atoms with van der Waals surface area (Å²) in [5.41, 5.74) is 3.72. The van der Waals surface area contributed by atoms with Crippen molar-refractivity contribution in [2.24, 2.45) is 0 Å². The maximum absolute atomic E-state index is 12.6. The lowest BCUT2D eigenvalue weighted by molar-refractivity contribution is 0.117. The fourth-order valence-electron chi connectivity index (χ4n) is 3.51. The number of ether oxygens (including phenoxy) is 1. The third-order valence-corrected chi connectivity index (χ3v) is 5.24. The first-order valence-corrected chi connectivity index (χ1v) is 10.3. The number of hydrogen-bond donors (Lipinski definition) is 2. The topological polar surface area (TPSA) is 71.7 Å². The lowest BCUT2D eigenvalue weighted by Crippen LogP contribution is -2.26. The van der Waals surface area contributed by atoms with Crippen molar-refractivity contribution in [1.29, 1.82) is 0 Å². The Labute approximate surface area is 180 Å². The molecule has 0 bridgehead atoms.